The Bertz CT molecular complexity index is 2880. The maximum atomic E-state index is 14.0. The molecule has 0 radical (unpaired) electrons. The second-order valence-corrected chi connectivity index (χ2v) is 21.1. The lowest BCUT2D eigenvalue weighted by Crippen LogP contribution is -2.47. The number of rotatable bonds is 34. The molecule has 5 amide bonds. The minimum absolute atomic E-state index is 0.0117. The number of carbonyl (C=O) groups is 4. The summed E-state index contributed by atoms with van der Waals surface area (Å²) in [5.74, 6) is 1.88. The highest BCUT2D eigenvalue weighted by atomic mass is 32.1. The Balaban J connectivity index is 0.640. The first kappa shape index (κ1) is 60.6. The summed E-state index contributed by atoms with van der Waals surface area (Å²) in [6, 6.07) is 30.9. The topological polar surface area (TPSA) is 216 Å². The van der Waals surface area contributed by atoms with Crippen LogP contribution < -0.4 is 30.2 Å². The molecule has 21 nitrogen and oxygen atoms in total. The molecule has 2 aromatic heterocycles. The van der Waals surface area contributed by atoms with Crippen molar-refractivity contribution in [1.82, 2.24) is 44.9 Å². The summed E-state index contributed by atoms with van der Waals surface area (Å²) in [6.45, 7) is 9.10. The Kier molecular flexibility index (Phi) is 23.8. The van der Waals surface area contributed by atoms with Crippen molar-refractivity contribution < 1.29 is 47.6 Å². The van der Waals surface area contributed by atoms with E-state index >= 15 is 0 Å². The third-order valence-electron chi connectivity index (χ3n) is 13.9. The number of methoxy groups -OCH3 is 1. The number of urea groups is 1. The lowest BCUT2D eigenvalue weighted by atomic mass is 10.0. The van der Waals surface area contributed by atoms with Gasteiger partial charge in [-0.3, -0.25) is 19.7 Å². The zero-order valence-electron chi connectivity index (χ0n) is 47.2. The highest BCUT2D eigenvalue weighted by molar-refractivity contribution is 7.14. The van der Waals surface area contributed by atoms with E-state index in [-0.39, 0.29) is 30.2 Å². The Morgan fingerprint density at radius 1 is 0.707 bits per heavy atom. The quantitative estimate of drug-likeness (QED) is 0.0375. The minimum Gasteiger partial charge on any atom is -0.497 e. The first-order valence-corrected chi connectivity index (χ1v) is 28.9. The predicted molar refractivity (Wildman–Crippen MR) is 312 cm³/mol. The van der Waals surface area contributed by atoms with Crippen molar-refractivity contribution in [2.75, 3.05) is 124 Å². The molecule has 2 fully saturated rings. The summed E-state index contributed by atoms with van der Waals surface area (Å²) in [5.41, 5.74) is 4.82. The lowest BCUT2D eigenvalue weighted by Gasteiger charge is -2.32. The first-order valence-electron chi connectivity index (χ1n) is 28.1. The number of benzene rings is 4. The fourth-order valence-corrected chi connectivity index (χ4v) is 9.71. The number of hydrogen-bond acceptors (Lipinski definition) is 16. The van der Waals surface area contributed by atoms with Crippen molar-refractivity contribution in [1.29, 1.82) is 0 Å². The number of amides is 5. The van der Waals surface area contributed by atoms with Crippen molar-refractivity contribution in [3.8, 4) is 17.2 Å². The highest BCUT2D eigenvalue weighted by Crippen LogP contribution is 2.36. The maximum Gasteiger partial charge on any atom is 0.325 e. The van der Waals surface area contributed by atoms with Gasteiger partial charge in [0.25, 0.3) is 0 Å². The first-order chi connectivity index (χ1) is 40.0. The van der Waals surface area contributed by atoms with Crippen molar-refractivity contribution in [3.63, 3.8) is 0 Å². The zero-order valence-corrected chi connectivity index (χ0v) is 48.1. The van der Waals surface area contributed by atoms with Gasteiger partial charge in [0.05, 0.1) is 71.1 Å². The molecule has 2 aliphatic rings. The van der Waals surface area contributed by atoms with E-state index in [2.05, 4.69) is 41.0 Å². The van der Waals surface area contributed by atoms with E-state index in [0.717, 1.165) is 60.6 Å². The van der Waals surface area contributed by atoms with Gasteiger partial charge in [-0.05, 0) is 98.6 Å². The molecule has 22 heteroatoms. The summed E-state index contributed by atoms with van der Waals surface area (Å²) in [7, 11) is 5.70. The molecule has 1 unspecified atom stereocenters. The maximum absolute atomic E-state index is 14.0. The lowest BCUT2D eigenvalue weighted by molar-refractivity contribution is -0.141. The molecule has 0 bridgehead atoms. The SMILES string of the molecule is COc1ccc(CCC(=O)N(C2CC2)C(C(=O)NCc2ccccc2)c2ccc(OCCN(C)CCOCCOCCc3cn(CCOCCOc4ccc(NC(=O)Nc5nc(CC(=O)N6CCN(C)CC6)cs5)cc4)nn3)cc2)cc1. The number of piperazine rings is 1. The summed E-state index contributed by atoms with van der Waals surface area (Å²) in [6.07, 6.45) is 5.31. The molecule has 1 saturated carbocycles. The number of ether oxygens (including phenoxy) is 6. The molecule has 0 spiro atoms. The van der Waals surface area contributed by atoms with E-state index in [1.54, 1.807) is 46.3 Å². The van der Waals surface area contributed by atoms with Gasteiger partial charge < -0.3 is 58.7 Å². The molecule has 4 aromatic carbocycles. The minimum atomic E-state index is -0.774. The van der Waals surface area contributed by atoms with Crippen LogP contribution in [-0.2, 0) is 60.9 Å². The van der Waals surface area contributed by atoms with Crippen LogP contribution in [0.4, 0.5) is 15.6 Å². The van der Waals surface area contributed by atoms with Gasteiger partial charge in [-0.1, -0.05) is 59.8 Å². The van der Waals surface area contributed by atoms with Crippen molar-refractivity contribution in [2.45, 2.75) is 63.7 Å². The molecule has 438 valence electrons. The van der Waals surface area contributed by atoms with E-state index in [1.807, 2.05) is 104 Å². The van der Waals surface area contributed by atoms with Crippen LogP contribution in [0.2, 0.25) is 0 Å². The van der Waals surface area contributed by atoms with E-state index in [9.17, 15) is 19.2 Å². The molecule has 82 heavy (non-hydrogen) atoms. The summed E-state index contributed by atoms with van der Waals surface area (Å²) in [5, 5.41) is 19.3. The molecule has 8 rings (SSSR count). The largest absolute Gasteiger partial charge is 0.497 e. The predicted octanol–water partition coefficient (Wildman–Crippen LogP) is 6.37. The van der Waals surface area contributed by atoms with Gasteiger partial charge in [-0.2, -0.15) is 0 Å². The van der Waals surface area contributed by atoms with Gasteiger partial charge in [-0.25, -0.2) is 14.5 Å². The third-order valence-corrected chi connectivity index (χ3v) is 14.7. The molecule has 1 aliphatic heterocycles. The second-order valence-electron chi connectivity index (χ2n) is 20.2. The van der Waals surface area contributed by atoms with Crippen molar-refractivity contribution in [2.24, 2.45) is 0 Å². The fraction of sp³-hybridized carbons (Fsp3) is 0.450. The van der Waals surface area contributed by atoms with Crippen LogP contribution in [0.25, 0.3) is 0 Å². The molecule has 1 atom stereocenters. The normalized spacial score (nSPS) is 13.8. The standard InChI is InChI=1S/C60H77N11O10S/c1-67-26-28-69(29-27-67)56(73)41-50-44-82-60(63-50)64-59(75)62-48-14-22-54(23-15-48)81-40-39-79-35-32-70-43-49(65-66-70)25-33-77-37-38-78-34-30-68(2)31-36-80-53-20-12-47(13-21-53)57(58(74)61-42-46-7-5-4-6-8-46)71(51-16-17-51)55(72)24-11-45-9-18-52(76-3)19-10-45/h4-10,12-15,18-23,43-44,51,57H,11,16-17,24-42H2,1-3H3,(H,61,74)(H2,62,63,64,75). The van der Waals surface area contributed by atoms with Gasteiger partial charge in [0, 0.05) is 82.0 Å². The monoisotopic (exact) mass is 1140 g/mol. The van der Waals surface area contributed by atoms with Gasteiger partial charge in [0.1, 0.15) is 36.5 Å². The van der Waals surface area contributed by atoms with Gasteiger partial charge >= 0.3 is 6.03 Å². The number of thiazole rings is 1. The van der Waals surface area contributed by atoms with Crippen LogP contribution in [0.1, 0.15) is 53.4 Å². The number of anilines is 2. The smallest absolute Gasteiger partial charge is 0.325 e. The van der Waals surface area contributed by atoms with E-state index in [0.29, 0.717) is 133 Å². The van der Waals surface area contributed by atoms with Crippen LogP contribution in [0.3, 0.4) is 0 Å². The number of carbonyl (C=O) groups excluding carboxylic acids is 4. The molecule has 1 aliphatic carbocycles. The zero-order chi connectivity index (χ0) is 57.3. The van der Waals surface area contributed by atoms with Crippen LogP contribution in [0.5, 0.6) is 17.2 Å². The number of likely N-dealkylation sites (N-methyl/N-ethyl adjacent to an activating group) is 2. The number of aromatic nitrogens is 4. The van der Waals surface area contributed by atoms with Crippen LogP contribution >= 0.6 is 11.3 Å². The van der Waals surface area contributed by atoms with Gasteiger partial charge in [0.15, 0.2) is 5.13 Å². The summed E-state index contributed by atoms with van der Waals surface area (Å²) < 4.78 is 36.3. The summed E-state index contributed by atoms with van der Waals surface area (Å²) >= 11 is 1.28. The number of hydrogen-bond donors (Lipinski definition) is 3. The number of aryl methyl sites for hydroxylation is 1. The second kappa shape index (κ2) is 32.2. The Morgan fingerprint density at radius 3 is 2.11 bits per heavy atom. The molecular formula is C60H77N11O10S. The number of nitrogens with zero attached hydrogens (tertiary/aromatic N) is 8. The molecular weight excluding hydrogens is 1070 g/mol. The third kappa shape index (κ3) is 20.2. The molecule has 6 aromatic rings. The average molecular weight is 1140 g/mol. The van der Waals surface area contributed by atoms with E-state index in [1.165, 1.54) is 11.3 Å². The Morgan fingerprint density at radius 2 is 1.38 bits per heavy atom. The van der Waals surface area contributed by atoms with Crippen LogP contribution in [0, 0.1) is 0 Å². The summed E-state index contributed by atoms with van der Waals surface area (Å²) in [4.78, 5) is 65.7. The highest BCUT2D eigenvalue weighted by Gasteiger charge is 2.41. The van der Waals surface area contributed by atoms with Crippen molar-refractivity contribution >= 4 is 45.9 Å². The van der Waals surface area contributed by atoms with Crippen LogP contribution in [0.15, 0.2) is 115 Å². The van der Waals surface area contributed by atoms with E-state index in [4.69, 9.17) is 28.4 Å². The van der Waals surface area contributed by atoms with Crippen LogP contribution in [-0.4, -0.2) is 183 Å². The number of nitrogens with one attached hydrogen (secondary N) is 3. The Hall–Kier alpha value is -7.47. The van der Waals surface area contributed by atoms with Gasteiger partial charge in [0.2, 0.25) is 17.7 Å². The molecule has 3 N–H and O–H groups in total. The Labute approximate surface area is 484 Å². The fourth-order valence-electron chi connectivity index (χ4n) is 9.00. The molecule has 3 heterocycles. The average Bonchev–Trinajstić information content (AvgIpc) is 4.28. The molecule has 1 saturated heterocycles. The van der Waals surface area contributed by atoms with Gasteiger partial charge in [-0.15, -0.1) is 16.4 Å². The van der Waals surface area contributed by atoms with Crippen molar-refractivity contribution in [3.05, 3.63) is 143 Å². The van der Waals surface area contributed by atoms with E-state index < -0.39 is 12.1 Å².